The Morgan fingerprint density at radius 2 is 2.00 bits per heavy atom. The van der Waals surface area contributed by atoms with Gasteiger partial charge in [0.15, 0.2) is 5.82 Å². The number of fused-ring (bicyclic) bond motifs is 1. The average molecular weight is 406 g/mol. The molecule has 7 heteroatoms. The molecule has 5 rings (SSSR count). The van der Waals surface area contributed by atoms with Crippen LogP contribution in [0.1, 0.15) is 31.2 Å². The number of halogens is 1. The van der Waals surface area contributed by atoms with Crippen LogP contribution in [-0.4, -0.2) is 28.2 Å². The molecule has 1 heterocycles. The molecule has 3 aromatic rings. The smallest absolute Gasteiger partial charge is 0.228 e. The number of nitrogens with one attached hydrogen (secondary N) is 3. The molecule has 0 radical (unpaired) electrons. The first-order valence-corrected chi connectivity index (χ1v) is 10.2. The molecule has 2 aliphatic carbocycles. The highest BCUT2D eigenvalue weighted by molar-refractivity contribution is 6.33. The summed E-state index contributed by atoms with van der Waals surface area (Å²) in [5, 5.41) is 24.4. The van der Waals surface area contributed by atoms with E-state index in [4.69, 9.17) is 11.6 Å². The quantitative estimate of drug-likeness (QED) is 0.592. The Morgan fingerprint density at radius 1 is 1.17 bits per heavy atom. The van der Waals surface area contributed by atoms with E-state index >= 15 is 0 Å². The third kappa shape index (κ3) is 3.59. The zero-order valence-electron chi connectivity index (χ0n) is 15.7. The lowest BCUT2D eigenvalue weighted by molar-refractivity contribution is -0.123. The molecule has 3 N–H and O–H groups in total. The minimum absolute atomic E-state index is 0.0159. The fourth-order valence-corrected chi connectivity index (χ4v) is 4.09. The third-order valence-electron chi connectivity index (χ3n) is 5.77. The van der Waals surface area contributed by atoms with Crippen molar-refractivity contribution in [2.45, 2.75) is 37.8 Å². The maximum absolute atomic E-state index is 12.6. The van der Waals surface area contributed by atoms with Crippen LogP contribution in [0.3, 0.4) is 0 Å². The average Bonchev–Trinajstić information content (AvgIpc) is 3.44. The molecule has 0 saturated heterocycles. The van der Waals surface area contributed by atoms with E-state index < -0.39 is 0 Å². The van der Waals surface area contributed by atoms with Gasteiger partial charge in [0.05, 0.1) is 17.1 Å². The monoisotopic (exact) mass is 405 g/mol. The minimum atomic E-state index is 0.0159. The van der Waals surface area contributed by atoms with Gasteiger partial charge in [0.25, 0.3) is 0 Å². The minimum Gasteiger partial charge on any atom is -0.311 e. The second kappa shape index (κ2) is 7.18. The summed E-state index contributed by atoms with van der Waals surface area (Å²) in [6.45, 7) is 0. The number of aromatic amines is 1. The Morgan fingerprint density at radius 3 is 2.76 bits per heavy atom. The number of hydrogen-bond donors (Lipinski definition) is 3. The maximum atomic E-state index is 12.6. The van der Waals surface area contributed by atoms with Crippen LogP contribution in [-0.2, 0) is 4.79 Å². The topological polar surface area (TPSA) is 93.6 Å². The van der Waals surface area contributed by atoms with E-state index in [-0.39, 0.29) is 11.8 Å². The number of anilines is 1. The highest BCUT2D eigenvalue weighted by Gasteiger charge is 2.37. The van der Waals surface area contributed by atoms with Gasteiger partial charge in [-0.15, -0.1) is 0 Å². The van der Waals surface area contributed by atoms with E-state index in [1.807, 2.05) is 18.2 Å². The third-order valence-corrected chi connectivity index (χ3v) is 6.10. The summed E-state index contributed by atoms with van der Waals surface area (Å²) in [5.41, 5.74) is 3.02. The number of carbonyl (C=O) groups excluding carboxylic acids is 1. The van der Waals surface area contributed by atoms with Gasteiger partial charge >= 0.3 is 0 Å². The molecular weight excluding hydrogens is 386 g/mol. The molecule has 0 aliphatic heterocycles. The summed E-state index contributed by atoms with van der Waals surface area (Å²) in [6, 6.07) is 14.2. The lowest BCUT2D eigenvalue weighted by Gasteiger charge is -2.34. The lowest BCUT2D eigenvalue weighted by atomic mass is 9.79. The number of rotatable bonds is 5. The highest BCUT2D eigenvalue weighted by Crippen LogP contribution is 2.34. The summed E-state index contributed by atoms with van der Waals surface area (Å²) in [6.07, 6.45) is 4.28. The van der Waals surface area contributed by atoms with E-state index in [9.17, 15) is 10.1 Å². The van der Waals surface area contributed by atoms with Crippen LogP contribution in [0.15, 0.2) is 36.4 Å². The van der Waals surface area contributed by atoms with Crippen molar-refractivity contribution in [2.75, 3.05) is 5.32 Å². The van der Waals surface area contributed by atoms with Crippen LogP contribution in [0, 0.1) is 17.2 Å². The van der Waals surface area contributed by atoms with Crippen molar-refractivity contribution in [2.24, 2.45) is 5.92 Å². The first kappa shape index (κ1) is 18.2. The number of nitrogens with zero attached hydrogens (tertiary/aromatic N) is 2. The summed E-state index contributed by atoms with van der Waals surface area (Å²) >= 11 is 6.35. The number of aromatic nitrogens is 2. The Hall–Kier alpha value is -2.88. The molecule has 2 aliphatic rings. The maximum Gasteiger partial charge on any atom is 0.228 e. The molecule has 29 heavy (non-hydrogen) atoms. The Bertz CT molecular complexity index is 1140. The van der Waals surface area contributed by atoms with Crippen LogP contribution >= 0.6 is 11.6 Å². The van der Waals surface area contributed by atoms with Gasteiger partial charge < -0.3 is 10.6 Å². The number of carbonyl (C=O) groups is 1. The van der Waals surface area contributed by atoms with Gasteiger partial charge in [-0.2, -0.15) is 10.4 Å². The molecule has 2 fully saturated rings. The van der Waals surface area contributed by atoms with Gasteiger partial charge in [0.2, 0.25) is 5.91 Å². The second-order valence-corrected chi connectivity index (χ2v) is 8.34. The van der Waals surface area contributed by atoms with E-state index in [2.05, 4.69) is 26.9 Å². The van der Waals surface area contributed by atoms with Gasteiger partial charge in [0.1, 0.15) is 0 Å². The molecule has 146 valence electrons. The molecule has 0 bridgehead atoms. The number of H-pyrrole nitrogens is 1. The first-order valence-electron chi connectivity index (χ1n) is 9.86. The predicted molar refractivity (Wildman–Crippen MR) is 113 cm³/mol. The van der Waals surface area contributed by atoms with Crippen molar-refractivity contribution in [3.05, 3.63) is 47.0 Å². The molecule has 1 amide bonds. The van der Waals surface area contributed by atoms with Crippen LogP contribution in [0.2, 0.25) is 5.02 Å². The highest BCUT2D eigenvalue weighted by atomic mass is 35.5. The Balaban J connectivity index is 1.36. The van der Waals surface area contributed by atoms with E-state index in [0.717, 1.165) is 34.9 Å². The fraction of sp³-hybridized carbons (Fsp3) is 0.318. The molecule has 6 nitrogen and oxygen atoms in total. The summed E-state index contributed by atoms with van der Waals surface area (Å²) in [5.74, 6) is 0.572. The number of benzene rings is 2. The SMILES string of the molecule is N#Cc1ccc(Cl)c(-c2ccc3[nH]nc(NC(=O)C4CC(NC5CC5)C4)c3c2)c1. The van der Waals surface area contributed by atoms with Crippen molar-refractivity contribution in [3.63, 3.8) is 0 Å². The number of hydrogen-bond acceptors (Lipinski definition) is 4. The van der Waals surface area contributed by atoms with E-state index in [0.29, 0.717) is 28.5 Å². The van der Waals surface area contributed by atoms with Crippen LogP contribution in [0.25, 0.3) is 22.0 Å². The predicted octanol–water partition coefficient (Wildman–Crippen LogP) is 4.22. The fourth-order valence-electron chi connectivity index (χ4n) is 3.86. The van der Waals surface area contributed by atoms with Gasteiger partial charge in [-0.3, -0.25) is 9.89 Å². The second-order valence-electron chi connectivity index (χ2n) is 7.93. The van der Waals surface area contributed by atoms with E-state index in [1.165, 1.54) is 12.8 Å². The summed E-state index contributed by atoms with van der Waals surface area (Å²) < 4.78 is 0. The molecule has 2 aromatic carbocycles. The standard InChI is InChI=1S/C22H20ClN5O/c23-19-5-1-12(11-24)7-17(19)13-2-6-20-18(10-13)21(28-27-20)26-22(29)14-8-16(9-14)25-15-3-4-15/h1-2,5-7,10,14-16,25H,3-4,8-9H2,(H2,26,27,28,29). The Labute approximate surface area is 173 Å². The molecule has 1 aromatic heterocycles. The zero-order chi connectivity index (χ0) is 20.0. The van der Waals surface area contributed by atoms with Crippen molar-refractivity contribution in [1.29, 1.82) is 5.26 Å². The normalized spacial score (nSPS) is 20.8. The van der Waals surface area contributed by atoms with Gasteiger partial charge in [-0.05, 0) is 61.6 Å². The molecule has 0 unspecified atom stereocenters. The van der Waals surface area contributed by atoms with Gasteiger partial charge in [-0.1, -0.05) is 17.7 Å². The van der Waals surface area contributed by atoms with Crippen molar-refractivity contribution in [3.8, 4) is 17.2 Å². The van der Waals surface area contributed by atoms with Gasteiger partial charge in [-0.25, -0.2) is 0 Å². The van der Waals surface area contributed by atoms with Crippen LogP contribution < -0.4 is 10.6 Å². The number of amides is 1. The largest absolute Gasteiger partial charge is 0.311 e. The summed E-state index contributed by atoms with van der Waals surface area (Å²) in [4.78, 5) is 12.6. The van der Waals surface area contributed by atoms with E-state index in [1.54, 1.807) is 18.2 Å². The molecule has 0 spiro atoms. The van der Waals surface area contributed by atoms with Crippen molar-refractivity contribution >= 4 is 34.2 Å². The molecular formula is C22H20ClN5O. The van der Waals surface area contributed by atoms with Gasteiger partial charge in [0, 0.05) is 34.0 Å². The zero-order valence-corrected chi connectivity index (χ0v) is 16.5. The van der Waals surface area contributed by atoms with Crippen molar-refractivity contribution in [1.82, 2.24) is 15.5 Å². The lowest BCUT2D eigenvalue weighted by Crippen LogP contribution is -2.46. The van der Waals surface area contributed by atoms with Crippen molar-refractivity contribution < 1.29 is 4.79 Å². The first-order chi connectivity index (χ1) is 14.1. The summed E-state index contributed by atoms with van der Waals surface area (Å²) in [7, 11) is 0. The number of nitriles is 1. The van der Waals surface area contributed by atoms with Crippen LogP contribution in [0.5, 0.6) is 0 Å². The Kier molecular flexibility index (Phi) is 4.50. The molecule has 0 atom stereocenters. The molecule has 2 saturated carbocycles. The van der Waals surface area contributed by atoms with Crippen LogP contribution in [0.4, 0.5) is 5.82 Å².